The van der Waals surface area contributed by atoms with Crippen LogP contribution < -0.4 is 0 Å². The summed E-state index contributed by atoms with van der Waals surface area (Å²) in [6.45, 7) is 7.39. The van der Waals surface area contributed by atoms with Gasteiger partial charge in [-0.25, -0.2) is 0 Å². The number of aromatic nitrogens is 2. The number of thioether (sulfide) groups is 1. The minimum absolute atomic E-state index is 0.0344. The van der Waals surface area contributed by atoms with Crippen molar-refractivity contribution in [2.75, 3.05) is 12.4 Å². The van der Waals surface area contributed by atoms with Crippen molar-refractivity contribution in [1.82, 2.24) is 15.1 Å². The molecule has 0 atom stereocenters. The minimum Gasteiger partial charge on any atom is -0.455 e. The van der Waals surface area contributed by atoms with E-state index in [1.54, 1.807) is 23.1 Å². The molecule has 2 rings (SSSR count). The van der Waals surface area contributed by atoms with E-state index in [2.05, 4.69) is 10.2 Å². The van der Waals surface area contributed by atoms with E-state index in [1.807, 2.05) is 33.8 Å². The number of carbonyl (C=O) groups excluding carboxylic acids is 2. The molecule has 27 heavy (non-hydrogen) atoms. The highest BCUT2D eigenvalue weighted by Crippen LogP contribution is 2.28. The lowest BCUT2D eigenvalue weighted by Gasteiger charge is -2.30. The van der Waals surface area contributed by atoms with Crippen LogP contribution in [0.4, 0.5) is 0 Å². The molecule has 0 saturated carbocycles. The molecule has 0 unspecified atom stereocenters. The molecule has 0 aliphatic rings. The minimum atomic E-state index is -0.529. The van der Waals surface area contributed by atoms with Gasteiger partial charge in [0, 0.05) is 12.1 Å². The standard InChI is InChI=1S/C18H22ClN3O4S/c1-11(2)22(12(3)4)15(23)9-25-16(24)10-27-18-21-20-17(26-18)13-7-5-6-8-14(13)19/h5-8,11-12H,9-10H2,1-4H3. The first kappa shape index (κ1) is 21.2. The van der Waals surface area contributed by atoms with Gasteiger partial charge in [-0.15, -0.1) is 10.2 Å². The molecule has 0 spiro atoms. The summed E-state index contributed by atoms with van der Waals surface area (Å²) in [5.74, 6) is -0.521. The van der Waals surface area contributed by atoms with Gasteiger partial charge in [0.2, 0.25) is 5.89 Å². The van der Waals surface area contributed by atoms with Gasteiger partial charge in [-0.1, -0.05) is 35.5 Å². The lowest BCUT2D eigenvalue weighted by molar-refractivity contribution is -0.151. The van der Waals surface area contributed by atoms with Gasteiger partial charge in [-0.2, -0.15) is 0 Å². The Hall–Kier alpha value is -2.06. The van der Waals surface area contributed by atoms with Crippen molar-refractivity contribution in [2.24, 2.45) is 0 Å². The zero-order valence-corrected chi connectivity index (χ0v) is 17.2. The van der Waals surface area contributed by atoms with E-state index >= 15 is 0 Å². The zero-order valence-electron chi connectivity index (χ0n) is 15.6. The number of ether oxygens (including phenoxy) is 1. The lowest BCUT2D eigenvalue weighted by Crippen LogP contribution is -2.44. The maximum absolute atomic E-state index is 12.2. The third-order valence-corrected chi connectivity index (χ3v) is 4.70. The smallest absolute Gasteiger partial charge is 0.316 e. The average Bonchev–Trinajstić information content (AvgIpc) is 3.06. The van der Waals surface area contributed by atoms with Gasteiger partial charge in [0.05, 0.1) is 10.6 Å². The van der Waals surface area contributed by atoms with Crippen molar-refractivity contribution in [1.29, 1.82) is 0 Å². The summed E-state index contributed by atoms with van der Waals surface area (Å²) >= 11 is 7.13. The number of rotatable bonds is 8. The van der Waals surface area contributed by atoms with Crippen LogP contribution >= 0.6 is 23.4 Å². The second-order valence-corrected chi connectivity index (χ2v) is 7.62. The number of carbonyl (C=O) groups is 2. The van der Waals surface area contributed by atoms with Crippen LogP contribution in [0.1, 0.15) is 27.7 Å². The zero-order chi connectivity index (χ0) is 20.0. The van der Waals surface area contributed by atoms with Crippen molar-refractivity contribution in [3.05, 3.63) is 29.3 Å². The highest BCUT2D eigenvalue weighted by atomic mass is 35.5. The van der Waals surface area contributed by atoms with E-state index in [9.17, 15) is 9.59 Å². The molecule has 0 aliphatic carbocycles. The van der Waals surface area contributed by atoms with E-state index in [4.69, 9.17) is 20.8 Å². The van der Waals surface area contributed by atoms with Crippen LogP contribution in [0.25, 0.3) is 11.5 Å². The molecule has 0 aliphatic heterocycles. The Bertz CT molecular complexity index is 786. The predicted molar refractivity (Wildman–Crippen MR) is 104 cm³/mol. The Labute approximate surface area is 167 Å². The quantitative estimate of drug-likeness (QED) is 0.483. The number of amides is 1. The number of hydrogen-bond acceptors (Lipinski definition) is 7. The Balaban J connectivity index is 1.84. The monoisotopic (exact) mass is 411 g/mol. The summed E-state index contributed by atoms with van der Waals surface area (Å²) in [6.07, 6.45) is 0. The van der Waals surface area contributed by atoms with Crippen LogP contribution in [0.2, 0.25) is 5.02 Å². The Morgan fingerprint density at radius 2 is 1.85 bits per heavy atom. The summed E-state index contributed by atoms with van der Waals surface area (Å²) in [5, 5.41) is 8.52. The SMILES string of the molecule is CC(C)N(C(=O)COC(=O)CSc1nnc(-c2ccccc2Cl)o1)C(C)C. The van der Waals surface area contributed by atoms with Gasteiger partial charge in [0.15, 0.2) is 6.61 Å². The van der Waals surface area contributed by atoms with Crippen LogP contribution in [0, 0.1) is 0 Å². The Morgan fingerprint density at radius 3 is 2.48 bits per heavy atom. The molecule has 1 heterocycles. The maximum Gasteiger partial charge on any atom is 0.316 e. The number of esters is 1. The molecule has 0 bridgehead atoms. The fraction of sp³-hybridized carbons (Fsp3) is 0.444. The predicted octanol–water partition coefficient (Wildman–Crippen LogP) is 3.67. The van der Waals surface area contributed by atoms with E-state index in [-0.39, 0.29) is 41.5 Å². The van der Waals surface area contributed by atoms with Gasteiger partial charge in [-0.3, -0.25) is 9.59 Å². The molecule has 1 aromatic heterocycles. The molecular weight excluding hydrogens is 390 g/mol. The second-order valence-electron chi connectivity index (χ2n) is 6.29. The topological polar surface area (TPSA) is 85.5 Å². The fourth-order valence-corrected chi connectivity index (χ4v) is 3.34. The van der Waals surface area contributed by atoms with Gasteiger partial charge in [0.1, 0.15) is 5.75 Å². The van der Waals surface area contributed by atoms with Crippen molar-refractivity contribution in [2.45, 2.75) is 45.0 Å². The highest BCUT2D eigenvalue weighted by molar-refractivity contribution is 7.99. The van der Waals surface area contributed by atoms with Crippen LogP contribution in [0.5, 0.6) is 0 Å². The van der Waals surface area contributed by atoms with Gasteiger partial charge >= 0.3 is 5.97 Å². The molecule has 2 aromatic rings. The largest absolute Gasteiger partial charge is 0.455 e. The Kier molecular flexibility index (Phi) is 7.67. The summed E-state index contributed by atoms with van der Waals surface area (Å²) in [7, 11) is 0. The molecule has 146 valence electrons. The van der Waals surface area contributed by atoms with Gasteiger partial charge in [-0.05, 0) is 39.8 Å². The average molecular weight is 412 g/mol. The van der Waals surface area contributed by atoms with Crippen LogP contribution in [-0.2, 0) is 14.3 Å². The van der Waals surface area contributed by atoms with Crippen molar-refractivity contribution in [3.8, 4) is 11.5 Å². The van der Waals surface area contributed by atoms with E-state index in [0.29, 0.717) is 10.6 Å². The third-order valence-electron chi connectivity index (χ3n) is 3.58. The molecule has 1 aromatic carbocycles. The first-order chi connectivity index (χ1) is 12.8. The number of halogens is 1. The summed E-state index contributed by atoms with van der Waals surface area (Å²) in [5.41, 5.74) is 0.620. The van der Waals surface area contributed by atoms with Gasteiger partial charge < -0.3 is 14.1 Å². The summed E-state index contributed by atoms with van der Waals surface area (Å²) in [4.78, 5) is 25.7. The second kappa shape index (κ2) is 9.75. The Morgan fingerprint density at radius 1 is 1.19 bits per heavy atom. The van der Waals surface area contributed by atoms with E-state index < -0.39 is 5.97 Å². The number of benzene rings is 1. The maximum atomic E-state index is 12.2. The fourth-order valence-electron chi connectivity index (χ4n) is 2.56. The van der Waals surface area contributed by atoms with E-state index in [0.717, 1.165) is 11.8 Å². The third kappa shape index (κ3) is 5.97. The first-order valence-electron chi connectivity index (χ1n) is 8.47. The molecule has 1 amide bonds. The van der Waals surface area contributed by atoms with Gasteiger partial charge in [0.25, 0.3) is 11.1 Å². The normalized spacial score (nSPS) is 11.1. The highest BCUT2D eigenvalue weighted by Gasteiger charge is 2.21. The van der Waals surface area contributed by atoms with Crippen LogP contribution in [0.3, 0.4) is 0 Å². The lowest BCUT2D eigenvalue weighted by atomic mass is 10.2. The molecule has 0 N–H and O–H groups in total. The molecule has 0 fully saturated rings. The molecular formula is C18H22ClN3O4S. The van der Waals surface area contributed by atoms with Crippen LogP contribution in [0.15, 0.2) is 33.9 Å². The summed E-state index contributed by atoms with van der Waals surface area (Å²) in [6, 6.07) is 7.16. The molecule has 9 heteroatoms. The first-order valence-corrected chi connectivity index (χ1v) is 9.84. The van der Waals surface area contributed by atoms with Crippen LogP contribution in [-0.4, -0.2) is 51.4 Å². The molecule has 0 saturated heterocycles. The number of nitrogens with zero attached hydrogens (tertiary/aromatic N) is 3. The summed E-state index contributed by atoms with van der Waals surface area (Å²) < 4.78 is 10.6. The van der Waals surface area contributed by atoms with Crippen molar-refractivity contribution < 1.29 is 18.7 Å². The molecule has 7 nitrogen and oxygen atoms in total. The van der Waals surface area contributed by atoms with Crippen molar-refractivity contribution >= 4 is 35.2 Å². The number of hydrogen-bond donors (Lipinski definition) is 0. The molecule has 0 radical (unpaired) electrons. The van der Waals surface area contributed by atoms with E-state index in [1.165, 1.54) is 0 Å². The van der Waals surface area contributed by atoms with Crippen molar-refractivity contribution in [3.63, 3.8) is 0 Å².